The molecule has 1 aliphatic heterocycles. The molecule has 0 aliphatic carbocycles. The molecule has 0 spiro atoms. The van der Waals surface area contributed by atoms with Crippen molar-refractivity contribution in [2.24, 2.45) is 0 Å². The molecule has 0 saturated carbocycles. The van der Waals surface area contributed by atoms with Gasteiger partial charge in [0.25, 0.3) is 0 Å². The molecular weight excluding hydrogens is 155 g/mol. The summed E-state index contributed by atoms with van der Waals surface area (Å²) >= 11 is 0. The van der Waals surface area contributed by atoms with Crippen molar-refractivity contribution in [2.75, 3.05) is 11.5 Å². The van der Waals surface area contributed by atoms with Crippen molar-refractivity contribution in [1.82, 2.24) is 0 Å². The number of hydrogen-bond donors (Lipinski definition) is 3. The fraction of sp³-hybridized carbons (Fsp3) is 0.143. The van der Waals surface area contributed by atoms with Crippen LogP contribution in [0.15, 0.2) is 12.1 Å². The third kappa shape index (κ3) is 0.947. The van der Waals surface area contributed by atoms with Crippen LogP contribution in [0.4, 0.5) is 11.4 Å². The Morgan fingerprint density at radius 3 is 2.75 bits per heavy atom. The Bertz CT molecular complexity index is 329. The number of rotatable bonds is 0. The molecule has 0 saturated heterocycles. The van der Waals surface area contributed by atoms with E-state index < -0.39 is 7.12 Å². The highest BCUT2D eigenvalue weighted by Gasteiger charge is 2.27. The fourth-order valence-electron chi connectivity index (χ4n) is 1.31. The lowest BCUT2D eigenvalue weighted by molar-refractivity contribution is 0.275. The standard InChI is InChI=1S/C7H9BN2O2/c9-6-1-4-3-12-8(11)5(4)2-7(6)10/h1-2,11H,3,9-10H2. The number of nitrogens with two attached hydrogens (primary N) is 2. The molecule has 1 aromatic rings. The van der Waals surface area contributed by atoms with Gasteiger partial charge < -0.3 is 21.1 Å². The molecule has 0 aromatic heterocycles. The van der Waals surface area contributed by atoms with E-state index in [-0.39, 0.29) is 0 Å². The number of fused-ring (bicyclic) bond motifs is 1. The fourth-order valence-corrected chi connectivity index (χ4v) is 1.31. The van der Waals surface area contributed by atoms with Gasteiger partial charge in [0, 0.05) is 0 Å². The van der Waals surface area contributed by atoms with Crippen LogP contribution in [0.25, 0.3) is 0 Å². The summed E-state index contributed by atoms with van der Waals surface area (Å²) in [7, 11) is -0.845. The third-order valence-corrected chi connectivity index (χ3v) is 2.01. The molecule has 0 atom stereocenters. The lowest BCUT2D eigenvalue weighted by Gasteiger charge is -2.03. The van der Waals surface area contributed by atoms with Gasteiger partial charge in [-0.2, -0.15) is 0 Å². The Labute approximate surface area is 70.3 Å². The average molecular weight is 164 g/mol. The number of nitrogen functional groups attached to an aromatic ring is 2. The van der Waals surface area contributed by atoms with E-state index in [4.69, 9.17) is 16.1 Å². The molecule has 0 amide bonds. The normalized spacial score (nSPS) is 14.9. The number of hydrogen-bond acceptors (Lipinski definition) is 4. The molecule has 5 N–H and O–H groups in total. The Hall–Kier alpha value is -1.20. The predicted octanol–water partition coefficient (Wildman–Crippen LogP) is -0.931. The largest absolute Gasteiger partial charge is 0.491 e. The van der Waals surface area contributed by atoms with Gasteiger partial charge in [-0.15, -0.1) is 0 Å². The maximum atomic E-state index is 9.28. The van der Waals surface area contributed by atoms with Crippen molar-refractivity contribution in [2.45, 2.75) is 6.61 Å². The molecule has 1 aromatic carbocycles. The minimum Gasteiger partial charge on any atom is -0.423 e. The molecule has 0 unspecified atom stereocenters. The van der Waals surface area contributed by atoms with Crippen LogP contribution in [0.1, 0.15) is 5.56 Å². The molecule has 1 heterocycles. The summed E-state index contributed by atoms with van der Waals surface area (Å²) in [4.78, 5) is 0. The average Bonchev–Trinajstić information content (AvgIpc) is 2.35. The van der Waals surface area contributed by atoms with E-state index in [1.54, 1.807) is 12.1 Å². The predicted molar refractivity (Wildman–Crippen MR) is 47.7 cm³/mol. The molecule has 5 heteroatoms. The van der Waals surface area contributed by atoms with Gasteiger partial charge in [0.2, 0.25) is 0 Å². The zero-order chi connectivity index (χ0) is 8.72. The van der Waals surface area contributed by atoms with Gasteiger partial charge in [-0.05, 0) is 23.2 Å². The first kappa shape index (κ1) is 7.45. The molecule has 0 fully saturated rings. The lowest BCUT2D eigenvalue weighted by atomic mass is 9.79. The smallest absolute Gasteiger partial charge is 0.423 e. The van der Waals surface area contributed by atoms with Crippen molar-refractivity contribution in [1.29, 1.82) is 0 Å². The molecule has 62 valence electrons. The van der Waals surface area contributed by atoms with Crippen LogP contribution in [0, 0.1) is 0 Å². The van der Waals surface area contributed by atoms with Crippen molar-refractivity contribution in [3.63, 3.8) is 0 Å². The highest BCUT2D eigenvalue weighted by Crippen LogP contribution is 2.19. The van der Waals surface area contributed by atoms with E-state index >= 15 is 0 Å². The second-order valence-electron chi connectivity index (χ2n) is 2.84. The lowest BCUT2D eigenvalue weighted by Crippen LogP contribution is -2.28. The Morgan fingerprint density at radius 1 is 1.33 bits per heavy atom. The van der Waals surface area contributed by atoms with Gasteiger partial charge in [-0.25, -0.2) is 0 Å². The second-order valence-corrected chi connectivity index (χ2v) is 2.84. The highest BCUT2D eigenvalue weighted by molar-refractivity contribution is 6.61. The van der Waals surface area contributed by atoms with Crippen molar-refractivity contribution in [3.05, 3.63) is 17.7 Å². The van der Waals surface area contributed by atoms with Crippen molar-refractivity contribution < 1.29 is 9.68 Å². The van der Waals surface area contributed by atoms with Crippen LogP contribution in [-0.4, -0.2) is 12.1 Å². The van der Waals surface area contributed by atoms with E-state index in [9.17, 15) is 5.02 Å². The minimum atomic E-state index is -0.845. The quantitative estimate of drug-likeness (QED) is 0.341. The highest BCUT2D eigenvalue weighted by atomic mass is 16.5. The van der Waals surface area contributed by atoms with Crippen LogP contribution in [-0.2, 0) is 11.3 Å². The maximum absolute atomic E-state index is 9.28. The summed E-state index contributed by atoms with van der Waals surface area (Å²) in [5, 5.41) is 9.28. The van der Waals surface area contributed by atoms with E-state index in [0.717, 1.165) is 11.0 Å². The summed E-state index contributed by atoms with van der Waals surface area (Å²) in [5.41, 5.74) is 13.8. The maximum Gasteiger partial charge on any atom is 0.491 e. The Balaban J connectivity index is 2.56. The van der Waals surface area contributed by atoms with Crippen molar-refractivity contribution in [3.8, 4) is 0 Å². The number of anilines is 2. The SMILES string of the molecule is Nc1cc2c(cc1N)B(O)OC2. The first-order valence-corrected chi connectivity index (χ1v) is 3.66. The zero-order valence-corrected chi connectivity index (χ0v) is 6.45. The van der Waals surface area contributed by atoms with Crippen LogP contribution in [0.3, 0.4) is 0 Å². The van der Waals surface area contributed by atoms with Crippen LogP contribution in [0.2, 0.25) is 0 Å². The van der Waals surface area contributed by atoms with E-state index in [2.05, 4.69) is 0 Å². The van der Waals surface area contributed by atoms with Crippen LogP contribution < -0.4 is 16.9 Å². The summed E-state index contributed by atoms with van der Waals surface area (Å²) in [6.45, 7) is 0.404. The van der Waals surface area contributed by atoms with E-state index in [1.807, 2.05) is 0 Å². The Kier molecular flexibility index (Phi) is 1.49. The molecule has 2 rings (SSSR count). The van der Waals surface area contributed by atoms with Gasteiger partial charge in [-0.3, -0.25) is 0 Å². The molecule has 1 aliphatic rings. The minimum absolute atomic E-state index is 0.404. The second kappa shape index (κ2) is 2.40. The first-order chi connectivity index (χ1) is 5.68. The van der Waals surface area contributed by atoms with Gasteiger partial charge in [0.1, 0.15) is 0 Å². The summed E-state index contributed by atoms with van der Waals surface area (Å²) < 4.78 is 4.98. The topological polar surface area (TPSA) is 81.5 Å². The van der Waals surface area contributed by atoms with Crippen LogP contribution >= 0.6 is 0 Å². The molecule has 12 heavy (non-hydrogen) atoms. The zero-order valence-electron chi connectivity index (χ0n) is 6.45. The van der Waals surface area contributed by atoms with Gasteiger partial charge >= 0.3 is 7.12 Å². The van der Waals surface area contributed by atoms with E-state index in [0.29, 0.717) is 18.0 Å². The number of benzene rings is 1. The van der Waals surface area contributed by atoms with Crippen molar-refractivity contribution >= 4 is 24.0 Å². The van der Waals surface area contributed by atoms with Gasteiger partial charge in [-0.1, -0.05) is 0 Å². The Morgan fingerprint density at radius 2 is 2.00 bits per heavy atom. The molecular formula is C7H9BN2O2. The molecule has 0 radical (unpaired) electrons. The summed E-state index contributed by atoms with van der Waals surface area (Å²) in [6, 6.07) is 3.39. The monoisotopic (exact) mass is 164 g/mol. The van der Waals surface area contributed by atoms with Gasteiger partial charge in [0.05, 0.1) is 18.0 Å². The van der Waals surface area contributed by atoms with Gasteiger partial charge in [0.15, 0.2) is 0 Å². The molecule has 0 bridgehead atoms. The van der Waals surface area contributed by atoms with Crippen LogP contribution in [0.5, 0.6) is 0 Å². The third-order valence-electron chi connectivity index (χ3n) is 2.01. The van der Waals surface area contributed by atoms with E-state index in [1.165, 1.54) is 0 Å². The molecule has 4 nitrogen and oxygen atoms in total. The summed E-state index contributed by atoms with van der Waals surface area (Å²) in [6.07, 6.45) is 0. The summed E-state index contributed by atoms with van der Waals surface area (Å²) in [5.74, 6) is 0. The first-order valence-electron chi connectivity index (χ1n) is 3.66.